The van der Waals surface area contributed by atoms with Crippen LogP contribution in [-0.2, 0) is 4.74 Å². The highest BCUT2D eigenvalue weighted by Gasteiger charge is 2.20. The SMILES string of the molecule is COc1cc2nccc(Oc3ccc(NC(=O)c4c[nH]c(C)c(C5=CCOCC5)c4=O)cc3F)c2nc1OC. The van der Waals surface area contributed by atoms with Gasteiger partial charge in [-0.2, -0.15) is 0 Å². The zero-order valence-corrected chi connectivity index (χ0v) is 21.5. The van der Waals surface area contributed by atoms with E-state index in [-0.39, 0.29) is 28.6 Å². The van der Waals surface area contributed by atoms with Crippen molar-refractivity contribution in [3.8, 4) is 23.1 Å². The summed E-state index contributed by atoms with van der Waals surface area (Å²) in [4.78, 5) is 37.7. The molecule has 0 spiro atoms. The molecular formula is C28H25FN4O6. The fourth-order valence-corrected chi connectivity index (χ4v) is 4.30. The van der Waals surface area contributed by atoms with Gasteiger partial charge in [0.05, 0.1) is 33.0 Å². The topological polar surface area (TPSA) is 125 Å². The van der Waals surface area contributed by atoms with E-state index in [0.29, 0.717) is 47.7 Å². The van der Waals surface area contributed by atoms with Crippen molar-refractivity contribution in [1.29, 1.82) is 0 Å². The van der Waals surface area contributed by atoms with Crippen molar-refractivity contribution >= 4 is 28.2 Å². The molecule has 0 saturated heterocycles. The van der Waals surface area contributed by atoms with Crippen LogP contribution in [0.5, 0.6) is 23.1 Å². The maximum Gasteiger partial charge on any atom is 0.261 e. The lowest BCUT2D eigenvalue weighted by Gasteiger charge is -2.16. The van der Waals surface area contributed by atoms with Gasteiger partial charge in [-0.1, -0.05) is 6.08 Å². The van der Waals surface area contributed by atoms with Crippen molar-refractivity contribution in [1.82, 2.24) is 15.0 Å². The van der Waals surface area contributed by atoms with E-state index >= 15 is 4.39 Å². The van der Waals surface area contributed by atoms with Crippen LogP contribution in [0.3, 0.4) is 0 Å². The molecule has 0 saturated carbocycles. The Labute approximate surface area is 222 Å². The van der Waals surface area contributed by atoms with E-state index < -0.39 is 17.2 Å². The van der Waals surface area contributed by atoms with E-state index in [2.05, 4.69) is 20.3 Å². The zero-order valence-electron chi connectivity index (χ0n) is 21.5. The Morgan fingerprint density at radius 3 is 2.69 bits per heavy atom. The highest BCUT2D eigenvalue weighted by Crippen LogP contribution is 2.35. The lowest BCUT2D eigenvalue weighted by atomic mass is 9.98. The average Bonchev–Trinajstić information content (AvgIpc) is 2.94. The number of nitrogens with zero attached hydrogens (tertiary/aromatic N) is 2. The van der Waals surface area contributed by atoms with Gasteiger partial charge in [0, 0.05) is 47.5 Å². The summed E-state index contributed by atoms with van der Waals surface area (Å²) in [5, 5.41) is 2.59. The second-order valence-electron chi connectivity index (χ2n) is 8.66. The number of pyridine rings is 3. The van der Waals surface area contributed by atoms with Gasteiger partial charge in [-0.05, 0) is 31.1 Å². The van der Waals surface area contributed by atoms with Crippen molar-refractivity contribution in [2.75, 3.05) is 32.8 Å². The zero-order chi connectivity index (χ0) is 27.5. The van der Waals surface area contributed by atoms with Crippen LogP contribution in [0, 0.1) is 12.7 Å². The van der Waals surface area contributed by atoms with Gasteiger partial charge in [-0.3, -0.25) is 14.6 Å². The number of anilines is 1. The van der Waals surface area contributed by atoms with E-state index in [9.17, 15) is 9.59 Å². The number of aromatic nitrogens is 3. The van der Waals surface area contributed by atoms with Crippen LogP contribution in [-0.4, -0.2) is 48.3 Å². The summed E-state index contributed by atoms with van der Waals surface area (Å²) >= 11 is 0. The smallest absolute Gasteiger partial charge is 0.261 e. The van der Waals surface area contributed by atoms with Crippen molar-refractivity contribution < 1.29 is 28.1 Å². The maximum atomic E-state index is 15.0. The summed E-state index contributed by atoms with van der Waals surface area (Å²) < 4.78 is 36.7. The number of hydrogen-bond acceptors (Lipinski definition) is 8. The fourth-order valence-electron chi connectivity index (χ4n) is 4.30. The van der Waals surface area contributed by atoms with E-state index in [1.807, 2.05) is 6.08 Å². The van der Waals surface area contributed by atoms with Crippen LogP contribution in [0.4, 0.5) is 10.1 Å². The first-order valence-electron chi connectivity index (χ1n) is 12.1. The monoisotopic (exact) mass is 532 g/mol. The van der Waals surface area contributed by atoms with Crippen molar-refractivity contribution in [2.24, 2.45) is 0 Å². The molecule has 1 aliphatic heterocycles. The van der Waals surface area contributed by atoms with Gasteiger partial charge in [0.15, 0.2) is 23.1 Å². The van der Waals surface area contributed by atoms with Crippen molar-refractivity contribution in [2.45, 2.75) is 13.3 Å². The Kier molecular flexibility index (Phi) is 7.24. The third kappa shape index (κ3) is 5.16. The van der Waals surface area contributed by atoms with Crippen LogP contribution in [0.25, 0.3) is 16.6 Å². The molecule has 0 atom stereocenters. The lowest BCUT2D eigenvalue weighted by Crippen LogP contribution is -2.26. The molecule has 11 heteroatoms. The number of amides is 1. The molecule has 3 aromatic heterocycles. The van der Waals surface area contributed by atoms with Gasteiger partial charge in [0.25, 0.3) is 11.8 Å². The third-order valence-electron chi connectivity index (χ3n) is 6.24. The molecule has 1 aliphatic rings. The first-order valence-corrected chi connectivity index (χ1v) is 12.1. The number of nitrogens with one attached hydrogen (secondary N) is 2. The number of carbonyl (C=O) groups is 1. The number of fused-ring (bicyclic) bond motifs is 1. The Bertz CT molecular complexity index is 1670. The van der Waals surface area contributed by atoms with Gasteiger partial charge < -0.3 is 29.2 Å². The molecule has 4 aromatic rings. The largest absolute Gasteiger partial charge is 0.491 e. The molecule has 1 amide bonds. The molecule has 5 rings (SSSR count). The molecule has 1 aromatic carbocycles. The summed E-state index contributed by atoms with van der Waals surface area (Å²) in [5.74, 6) is -0.627. The molecule has 0 radical (unpaired) electrons. The molecule has 0 unspecified atom stereocenters. The average molecular weight is 533 g/mol. The molecule has 200 valence electrons. The quantitative estimate of drug-likeness (QED) is 0.353. The summed E-state index contributed by atoms with van der Waals surface area (Å²) in [6.45, 7) is 2.68. The number of aryl methyl sites for hydroxylation is 1. The Balaban J connectivity index is 1.39. The predicted molar refractivity (Wildman–Crippen MR) is 142 cm³/mol. The van der Waals surface area contributed by atoms with E-state index in [1.54, 1.807) is 19.1 Å². The number of H-pyrrole nitrogens is 1. The molecule has 0 aliphatic carbocycles. The molecule has 2 N–H and O–H groups in total. The van der Waals surface area contributed by atoms with Gasteiger partial charge in [-0.25, -0.2) is 9.37 Å². The van der Waals surface area contributed by atoms with Crippen LogP contribution < -0.4 is 25.0 Å². The molecule has 10 nitrogen and oxygen atoms in total. The highest BCUT2D eigenvalue weighted by molar-refractivity contribution is 6.04. The molecule has 0 bridgehead atoms. The van der Waals surface area contributed by atoms with Crippen LogP contribution in [0.15, 0.2) is 53.6 Å². The molecule has 39 heavy (non-hydrogen) atoms. The fraction of sp³-hybridized carbons (Fsp3) is 0.214. The highest BCUT2D eigenvalue weighted by atomic mass is 19.1. The first-order chi connectivity index (χ1) is 18.9. The molecular weight excluding hydrogens is 507 g/mol. The van der Waals surface area contributed by atoms with Gasteiger partial charge in [0.2, 0.25) is 5.43 Å². The Morgan fingerprint density at radius 2 is 1.97 bits per heavy atom. The lowest BCUT2D eigenvalue weighted by molar-refractivity contribution is 0.102. The second-order valence-corrected chi connectivity index (χ2v) is 8.66. The van der Waals surface area contributed by atoms with Crippen molar-refractivity contribution in [3.63, 3.8) is 0 Å². The van der Waals surface area contributed by atoms with Crippen LogP contribution in [0.2, 0.25) is 0 Å². The number of carbonyl (C=O) groups excluding carboxylic acids is 1. The normalized spacial score (nSPS) is 13.1. The number of benzene rings is 1. The second kappa shape index (κ2) is 10.9. The number of hydrogen-bond donors (Lipinski definition) is 2. The van der Waals surface area contributed by atoms with Crippen molar-refractivity contribution in [3.05, 3.63) is 81.7 Å². The summed E-state index contributed by atoms with van der Waals surface area (Å²) in [5.41, 5.74) is 2.43. The van der Waals surface area contributed by atoms with E-state index in [1.165, 1.54) is 38.7 Å². The minimum atomic E-state index is -0.732. The van der Waals surface area contributed by atoms with Gasteiger partial charge in [-0.15, -0.1) is 0 Å². The predicted octanol–water partition coefficient (Wildman–Crippen LogP) is 4.63. The Morgan fingerprint density at radius 1 is 1.13 bits per heavy atom. The van der Waals surface area contributed by atoms with Crippen LogP contribution >= 0.6 is 0 Å². The summed E-state index contributed by atoms with van der Waals surface area (Å²) in [7, 11) is 2.94. The summed E-state index contributed by atoms with van der Waals surface area (Å²) in [6.07, 6.45) is 5.27. The molecule has 0 fully saturated rings. The first kappa shape index (κ1) is 25.9. The van der Waals surface area contributed by atoms with Crippen LogP contribution in [0.1, 0.15) is 28.0 Å². The van der Waals surface area contributed by atoms with E-state index in [4.69, 9.17) is 18.9 Å². The standard InChI is InChI=1S/C28H25FN4O6/c1-15-24(16-7-10-38-11-8-16)26(34)18(14-31-15)27(35)32-17-4-5-21(19(29)12-17)39-22-6-9-30-20-13-23(36-2)28(37-3)33-25(20)22/h4-7,9,12-14H,8,10-11H2,1-3H3,(H,31,34)(H,32,35). The Hall–Kier alpha value is -4.77. The molecule has 4 heterocycles. The summed E-state index contributed by atoms with van der Waals surface area (Å²) in [6, 6.07) is 7.14. The third-order valence-corrected chi connectivity index (χ3v) is 6.24. The van der Waals surface area contributed by atoms with Gasteiger partial charge in [0.1, 0.15) is 11.1 Å². The number of aromatic amines is 1. The van der Waals surface area contributed by atoms with Gasteiger partial charge >= 0.3 is 0 Å². The minimum absolute atomic E-state index is 0.0811. The van der Waals surface area contributed by atoms with E-state index in [0.717, 1.165) is 11.6 Å². The minimum Gasteiger partial charge on any atom is -0.491 e. The number of halogens is 1. The number of rotatable bonds is 7. The number of methoxy groups -OCH3 is 2. The maximum absolute atomic E-state index is 15.0. The number of ether oxygens (including phenoxy) is 4.